The van der Waals surface area contributed by atoms with E-state index in [1.165, 1.54) is 24.1 Å². The number of hydrogen-bond donors (Lipinski definition) is 0. The van der Waals surface area contributed by atoms with Gasteiger partial charge in [-0.15, -0.1) is 0 Å². The van der Waals surface area contributed by atoms with Crippen LogP contribution in [0.2, 0.25) is 0 Å². The second kappa shape index (κ2) is 7.69. The summed E-state index contributed by atoms with van der Waals surface area (Å²) in [5, 5.41) is 0. The van der Waals surface area contributed by atoms with Crippen molar-refractivity contribution in [1.29, 1.82) is 0 Å². The van der Waals surface area contributed by atoms with E-state index in [2.05, 4.69) is 11.3 Å². The van der Waals surface area contributed by atoms with Crippen molar-refractivity contribution in [3.63, 3.8) is 0 Å². The lowest BCUT2D eigenvalue weighted by atomic mass is 10.1. The number of benzene rings is 1. The van der Waals surface area contributed by atoms with Crippen molar-refractivity contribution in [3.8, 4) is 0 Å². The Morgan fingerprint density at radius 2 is 2.12 bits per heavy atom. The van der Waals surface area contributed by atoms with Gasteiger partial charge in [0.2, 0.25) is 5.91 Å². The van der Waals surface area contributed by atoms with E-state index in [1.54, 1.807) is 0 Å². The van der Waals surface area contributed by atoms with Gasteiger partial charge in [0.25, 0.3) is 0 Å². The number of carbonyl (C=O) groups excluding carboxylic acids is 2. The lowest BCUT2D eigenvalue weighted by molar-refractivity contribution is -0.149. The first-order valence-electron chi connectivity index (χ1n) is 7.55. The molecule has 136 valence electrons. The molecule has 1 aliphatic heterocycles. The molecule has 1 saturated heterocycles. The molecule has 0 bridgehead atoms. The zero-order valence-electron chi connectivity index (χ0n) is 13.6. The monoisotopic (exact) mass is 357 g/mol. The second-order valence-corrected chi connectivity index (χ2v) is 5.60. The molecule has 0 aliphatic carbocycles. The maximum Gasteiger partial charge on any atom is 0.416 e. The van der Waals surface area contributed by atoms with Crippen molar-refractivity contribution >= 4 is 11.9 Å². The molecule has 2 atom stereocenters. The number of alkyl halides is 3. The minimum Gasteiger partial charge on any atom is -0.467 e. The number of hydrogen-bond acceptors (Lipinski definition) is 4. The number of methoxy groups -OCH3 is 1. The van der Waals surface area contributed by atoms with E-state index in [0.29, 0.717) is 5.56 Å². The van der Waals surface area contributed by atoms with Gasteiger partial charge in [0.15, 0.2) is 0 Å². The van der Waals surface area contributed by atoms with Crippen LogP contribution in [0.25, 0.3) is 0 Å². The van der Waals surface area contributed by atoms with Crippen LogP contribution in [0.4, 0.5) is 13.2 Å². The highest BCUT2D eigenvalue weighted by atomic mass is 19.4. The molecule has 8 heteroatoms. The Labute approximate surface area is 143 Å². The highest BCUT2D eigenvalue weighted by Crippen LogP contribution is 2.30. The van der Waals surface area contributed by atoms with Gasteiger partial charge in [0, 0.05) is 13.0 Å². The normalized spacial score (nSPS) is 20.4. The number of esters is 1. The summed E-state index contributed by atoms with van der Waals surface area (Å²) < 4.78 is 48.4. The fourth-order valence-electron chi connectivity index (χ4n) is 2.69. The second-order valence-electron chi connectivity index (χ2n) is 5.60. The summed E-state index contributed by atoms with van der Waals surface area (Å²) in [6.45, 7) is 3.47. The Kier molecular flexibility index (Phi) is 5.84. The predicted molar refractivity (Wildman–Crippen MR) is 82.4 cm³/mol. The Morgan fingerprint density at radius 1 is 1.40 bits per heavy atom. The summed E-state index contributed by atoms with van der Waals surface area (Å²) in [5.41, 5.74) is -0.395. The third kappa shape index (κ3) is 4.60. The summed E-state index contributed by atoms with van der Waals surface area (Å²) >= 11 is 0. The minimum atomic E-state index is -4.42. The van der Waals surface area contributed by atoms with E-state index in [0.717, 1.165) is 18.2 Å². The first kappa shape index (κ1) is 19.0. The number of nitrogens with zero attached hydrogens (tertiary/aromatic N) is 1. The molecule has 1 aliphatic rings. The van der Waals surface area contributed by atoms with Crippen molar-refractivity contribution in [3.05, 3.63) is 48.0 Å². The molecule has 1 fully saturated rings. The SMILES string of the molecule is C=CC(=O)N1C[C@@H](OCc2cccc(C(F)(F)F)c2)CC1C(=O)OC. The molecule has 0 aromatic heterocycles. The van der Waals surface area contributed by atoms with Crippen molar-refractivity contribution in [1.82, 2.24) is 4.90 Å². The van der Waals surface area contributed by atoms with E-state index >= 15 is 0 Å². The lowest BCUT2D eigenvalue weighted by Crippen LogP contribution is -2.40. The number of likely N-dealkylation sites (tertiary alicyclic amines) is 1. The van der Waals surface area contributed by atoms with Crippen LogP contribution in [0.1, 0.15) is 17.5 Å². The number of rotatable bonds is 5. The van der Waals surface area contributed by atoms with Gasteiger partial charge in [-0.25, -0.2) is 4.79 Å². The highest BCUT2D eigenvalue weighted by Gasteiger charge is 2.40. The Morgan fingerprint density at radius 3 is 2.72 bits per heavy atom. The molecule has 0 radical (unpaired) electrons. The molecule has 0 saturated carbocycles. The quantitative estimate of drug-likeness (QED) is 0.600. The standard InChI is InChI=1S/C17H18F3NO4/c1-3-15(22)21-9-13(8-14(21)16(23)24-2)25-10-11-5-4-6-12(7-11)17(18,19)20/h3-7,13-14H,1,8-10H2,2H3/t13-,14?/m0/s1. The van der Waals surface area contributed by atoms with Crippen LogP contribution in [-0.2, 0) is 31.8 Å². The Hall–Kier alpha value is -2.35. The van der Waals surface area contributed by atoms with Crippen LogP contribution < -0.4 is 0 Å². The zero-order chi connectivity index (χ0) is 18.6. The Bertz CT molecular complexity index is 660. The largest absolute Gasteiger partial charge is 0.467 e. The third-order valence-corrected chi connectivity index (χ3v) is 3.93. The fourth-order valence-corrected chi connectivity index (χ4v) is 2.69. The number of carbonyl (C=O) groups is 2. The molecule has 25 heavy (non-hydrogen) atoms. The molecule has 1 unspecified atom stereocenters. The van der Waals surface area contributed by atoms with E-state index in [9.17, 15) is 22.8 Å². The van der Waals surface area contributed by atoms with Crippen LogP contribution in [0.5, 0.6) is 0 Å². The van der Waals surface area contributed by atoms with E-state index in [1.807, 2.05) is 0 Å². The summed E-state index contributed by atoms with van der Waals surface area (Å²) in [7, 11) is 1.22. The highest BCUT2D eigenvalue weighted by molar-refractivity contribution is 5.91. The summed E-state index contributed by atoms with van der Waals surface area (Å²) in [5.74, 6) is -0.999. The first-order valence-corrected chi connectivity index (χ1v) is 7.55. The van der Waals surface area contributed by atoms with Crippen molar-refractivity contribution in [2.75, 3.05) is 13.7 Å². The van der Waals surface area contributed by atoms with Crippen LogP contribution in [-0.4, -0.2) is 42.6 Å². The van der Waals surface area contributed by atoms with Gasteiger partial charge in [-0.3, -0.25) is 4.79 Å². The van der Waals surface area contributed by atoms with Crippen molar-refractivity contribution in [2.45, 2.75) is 31.3 Å². The number of ether oxygens (including phenoxy) is 2. The predicted octanol–water partition coefficient (Wildman–Crippen LogP) is 2.55. The van der Waals surface area contributed by atoms with Crippen molar-refractivity contribution < 1.29 is 32.2 Å². The molecular weight excluding hydrogens is 339 g/mol. The van der Waals surface area contributed by atoms with Gasteiger partial charge in [-0.05, 0) is 23.8 Å². The number of amides is 1. The van der Waals surface area contributed by atoms with Gasteiger partial charge in [-0.2, -0.15) is 13.2 Å². The van der Waals surface area contributed by atoms with Crippen molar-refractivity contribution in [2.24, 2.45) is 0 Å². The molecule has 1 heterocycles. The smallest absolute Gasteiger partial charge is 0.416 e. The topological polar surface area (TPSA) is 55.8 Å². The molecule has 0 N–H and O–H groups in total. The fraction of sp³-hybridized carbons (Fsp3) is 0.412. The van der Waals surface area contributed by atoms with E-state index < -0.39 is 35.8 Å². The molecule has 2 rings (SSSR count). The summed E-state index contributed by atoms with van der Waals surface area (Å²) in [6.07, 6.45) is -3.61. The zero-order valence-corrected chi connectivity index (χ0v) is 13.6. The Balaban J connectivity index is 2.03. The first-order chi connectivity index (χ1) is 11.8. The summed E-state index contributed by atoms with van der Waals surface area (Å²) in [6, 6.07) is 4.04. The van der Waals surface area contributed by atoms with E-state index in [4.69, 9.17) is 4.74 Å². The maximum atomic E-state index is 12.7. The molecule has 5 nitrogen and oxygen atoms in total. The molecule has 1 aromatic rings. The van der Waals surface area contributed by atoms with Crippen LogP contribution in [0.3, 0.4) is 0 Å². The van der Waals surface area contributed by atoms with Crippen LogP contribution in [0.15, 0.2) is 36.9 Å². The average molecular weight is 357 g/mol. The molecule has 0 spiro atoms. The minimum absolute atomic E-state index is 0.0569. The maximum absolute atomic E-state index is 12.7. The van der Waals surface area contributed by atoms with Gasteiger partial charge in [-0.1, -0.05) is 18.7 Å². The average Bonchev–Trinajstić information content (AvgIpc) is 3.02. The molecule has 1 aromatic carbocycles. The van der Waals surface area contributed by atoms with E-state index in [-0.39, 0.29) is 19.6 Å². The lowest BCUT2D eigenvalue weighted by Gasteiger charge is -2.20. The van der Waals surface area contributed by atoms with Crippen LogP contribution >= 0.6 is 0 Å². The molecule has 1 amide bonds. The van der Waals surface area contributed by atoms with Gasteiger partial charge in [0.05, 0.1) is 25.4 Å². The summed E-state index contributed by atoms with van der Waals surface area (Å²) in [4.78, 5) is 24.9. The van der Waals surface area contributed by atoms with Gasteiger partial charge >= 0.3 is 12.1 Å². The van der Waals surface area contributed by atoms with Gasteiger partial charge < -0.3 is 14.4 Å². The van der Waals surface area contributed by atoms with Gasteiger partial charge in [0.1, 0.15) is 6.04 Å². The molecular formula is C17H18F3NO4. The third-order valence-electron chi connectivity index (χ3n) is 3.93. The van der Waals surface area contributed by atoms with Crippen LogP contribution in [0, 0.1) is 0 Å². The number of halogens is 3.